The summed E-state index contributed by atoms with van der Waals surface area (Å²) in [6.45, 7) is 7.17. The van der Waals surface area contributed by atoms with E-state index in [1.807, 2.05) is 5.32 Å². The summed E-state index contributed by atoms with van der Waals surface area (Å²) in [7, 11) is 0. The van der Waals surface area contributed by atoms with Crippen LogP contribution in [0.2, 0.25) is 0 Å². The van der Waals surface area contributed by atoms with Crippen molar-refractivity contribution in [2.24, 2.45) is 11.7 Å². The van der Waals surface area contributed by atoms with E-state index in [-0.39, 0.29) is 5.92 Å². The topological polar surface area (TPSA) is 123 Å². The number of aliphatic hydroxyl groups is 2. The van der Waals surface area contributed by atoms with Gasteiger partial charge in [-0.15, -0.1) is 0 Å². The number of aliphatic hydroxyl groups excluding tert-OH is 1. The van der Waals surface area contributed by atoms with E-state index in [0.717, 1.165) is 6.54 Å². The zero-order valence-electron chi connectivity index (χ0n) is 17.3. The maximum Gasteiger partial charge on any atom is 0.202 e. The molecule has 0 aliphatic heterocycles. The van der Waals surface area contributed by atoms with Crippen LogP contribution in [-0.2, 0) is 4.79 Å². The van der Waals surface area contributed by atoms with Gasteiger partial charge in [0.15, 0.2) is 0 Å². The van der Waals surface area contributed by atoms with Gasteiger partial charge in [-0.1, -0.05) is 78.6 Å². The summed E-state index contributed by atoms with van der Waals surface area (Å²) in [4.78, 5) is 9.90. The highest BCUT2D eigenvalue weighted by Crippen LogP contribution is 2.10. The first-order valence-electron chi connectivity index (χ1n) is 10.5. The number of carboxylic acid groups (broad SMARTS) is 1. The Balaban J connectivity index is 0. The van der Waals surface area contributed by atoms with Gasteiger partial charge >= 0.3 is 0 Å². The van der Waals surface area contributed by atoms with Gasteiger partial charge in [0, 0.05) is 6.04 Å². The van der Waals surface area contributed by atoms with Crippen molar-refractivity contribution in [3.05, 3.63) is 0 Å². The lowest BCUT2D eigenvalue weighted by Crippen LogP contribution is -2.86. The fourth-order valence-electron chi connectivity index (χ4n) is 2.49. The molecule has 0 aliphatic rings. The van der Waals surface area contributed by atoms with Crippen molar-refractivity contribution in [3.8, 4) is 0 Å². The van der Waals surface area contributed by atoms with Crippen LogP contribution >= 0.6 is 0 Å². The van der Waals surface area contributed by atoms with Gasteiger partial charge in [0.25, 0.3) is 0 Å². The molecule has 0 aliphatic carbocycles. The SMILES string of the molecule is CC(C)[C@H](N)C(=O)[O-].CCCCCCCCCCCCC[NH2+]CC(O)O. The predicted octanol–water partition coefficient (Wildman–Crippen LogP) is 0.891. The number of rotatable bonds is 16. The third kappa shape index (κ3) is 23.3. The number of hydrogen-bond donors (Lipinski definition) is 4. The molecular weight excluding hydrogens is 332 g/mol. The second-order valence-corrected chi connectivity index (χ2v) is 7.42. The number of carbonyl (C=O) groups is 1. The minimum atomic E-state index is -1.18. The van der Waals surface area contributed by atoms with Gasteiger partial charge in [-0.3, -0.25) is 0 Å². The van der Waals surface area contributed by atoms with Crippen LogP contribution < -0.4 is 16.2 Å². The van der Waals surface area contributed by atoms with E-state index in [9.17, 15) is 9.90 Å². The maximum absolute atomic E-state index is 9.90. The molecule has 0 heterocycles. The van der Waals surface area contributed by atoms with Gasteiger partial charge in [-0.05, 0) is 18.8 Å². The van der Waals surface area contributed by atoms with Crippen molar-refractivity contribution in [1.29, 1.82) is 0 Å². The van der Waals surface area contributed by atoms with Crippen LogP contribution in [0.5, 0.6) is 0 Å². The molecule has 0 bridgehead atoms. The summed E-state index contributed by atoms with van der Waals surface area (Å²) in [5.41, 5.74) is 5.10. The van der Waals surface area contributed by atoms with Crippen molar-refractivity contribution in [2.45, 2.75) is 104 Å². The van der Waals surface area contributed by atoms with Gasteiger partial charge in [0.1, 0.15) is 6.54 Å². The molecule has 0 spiro atoms. The molecule has 0 fully saturated rings. The minimum Gasteiger partial charge on any atom is -0.548 e. The van der Waals surface area contributed by atoms with Gasteiger partial charge in [-0.2, -0.15) is 0 Å². The van der Waals surface area contributed by atoms with Crippen molar-refractivity contribution < 1.29 is 25.4 Å². The fourth-order valence-corrected chi connectivity index (χ4v) is 2.49. The van der Waals surface area contributed by atoms with Crippen molar-refractivity contribution in [1.82, 2.24) is 0 Å². The Bertz CT molecular complexity index is 300. The van der Waals surface area contributed by atoms with E-state index in [1.54, 1.807) is 13.8 Å². The molecule has 0 aromatic rings. The highest BCUT2D eigenvalue weighted by Gasteiger charge is 2.06. The molecule has 0 saturated heterocycles. The van der Waals surface area contributed by atoms with Crippen LogP contribution in [0.1, 0.15) is 91.4 Å². The van der Waals surface area contributed by atoms with Crippen LogP contribution in [-0.4, -0.2) is 41.6 Å². The molecule has 6 N–H and O–H groups in total. The van der Waals surface area contributed by atoms with Crippen molar-refractivity contribution >= 4 is 5.97 Å². The predicted molar refractivity (Wildman–Crippen MR) is 104 cm³/mol. The first-order valence-corrected chi connectivity index (χ1v) is 10.5. The Hall–Kier alpha value is -0.690. The zero-order chi connectivity index (χ0) is 20.2. The number of carbonyl (C=O) groups excluding carboxylic acids is 1. The number of quaternary nitrogens is 1. The number of hydrogen-bond acceptors (Lipinski definition) is 5. The molecule has 0 rings (SSSR count). The molecule has 1 atom stereocenters. The summed E-state index contributed by atoms with van der Waals surface area (Å²) in [5, 5.41) is 29.2. The summed E-state index contributed by atoms with van der Waals surface area (Å²) >= 11 is 0. The Kier molecular flexibility index (Phi) is 21.8. The molecule has 0 aromatic heterocycles. The van der Waals surface area contributed by atoms with E-state index < -0.39 is 18.3 Å². The second kappa shape index (κ2) is 20.6. The van der Waals surface area contributed by atoms with Gasteiger partial charge in [-0.25, -0.2) is 0 Å². The minimum absolute atomic E-state index is 0.0417. The van der Waals surface area contributed by atoms with E-state index in [0.29, 0.717) is 6.54 Å². The number of aliphatic carboxylic acids is 1. The molecule has 6 nitrogen and oxygen atoms in total. The number of carboxylic acids is 1. The van der Waals surface area contributed by atoms with Crippen molar-refractivity contribution in [3.63, 3.8) is 0 Å². The summed E-state index contributed by atoms with van der Waals surface area (Å²) < 4.78 is 0. The second-order valence-electron chi connectivity index (χ2n) is 7.42. The van der Waals surface area contributed by atoms with E-state index in [4.69, 9.17) is 15.9 Å². The Morgan fingerprint density at radius 1 is 0.923 bits per heavy atom. The molecule has 0 radical (unpaired) electrons. The summed E-state index contributed by atoms with van der Waals surface area (Å²) in [5.74, 6) is -1.22. The van der Waals surface area contributed by atoms with Crippen LogP contribution in [0.4, 0.5) is 0 Å². The Labute approximate surface area is 160 Å². The van der Waals surface area contributed by atoms with Crippen LogP contribution in [0.3, 0.4) is 0 Å². The zero-order valence-corrected chi connectivity index (χ0v) is 17.3. The van der Waals surface area contributed by atoms with E-state index in [1.165, 1.54) is 70.6 Å². The maximum atomic E-state index is 9.90. The fraction of sp³-hybridized carbons (Fsp3) is 0.950. The molecule has 6 heteroatoms. The molecule has 26 heavy (non-hydrogen) atoms. The highest BCUT2D eigenvalue weighted by atomic mass is 16.5. The van der Waals surface area contributed by atoms with Crippen LogP contribution in [0.25, 0.3) is 0 Å². The summed E-state index contributed by atoms with van der Waals surface area (Å²) in [6, 6.07) is -0.824. The van der Waals surface area contributed by atoms with Crippen molar-refractivity contribution in [2.75, 3.05) is 13.1 Å². The Morgan fingerprint density at radius 2 is 1.35 bits per heavy atom. The Morgan fingerprint density at radius 3 is 1.65 bits per heavy atom. The molecule has 0 unspecified atom stereocenters. The van der Waals surface area contributed by atoms with Gasteiger partial charge in [0.2, 0.25) is 6.29 Å². The smallest absolute Gasteiger partial charge is 0.202 e. The van der Waals surface area contributed by atoms with Crippen LogP contribution in [0.15, 0.2) is 0 Å². The average Bonchev–Trinajstić information content (AvgIpc) is 2.58. The monoisotopic (exact) mass is 376 g/mol. The lowest BCUT2D eigenvalue weighted by atomic mass is 10.1. The van der Waals surface area contributed by atoms with Gasteiger partial charge < -0.3 is 31.2 Å². The van der Waals surface area contributed by atoms with E-state index in [2.05, 4.69) is 6.92 Å². The largest absolute Gasteiger partial charge is 0.548 e. The normalized spacial score (nSPS) is 12.2. The third-order valence-corrected chi connectivity index (χ3v) is 4.38. The lowest BCUT2D eigenvalue weighted by molar-refractivity contribution is -0.667. The lowest BCUT2D eigenvalue weighted by Gasteiger charge is -2.15. The molecule has 158 valence electrons. The molecule has 0 saturated carbocycles. The number of unbranched alkanes of at least 4 members (excludes halogenated alkanes) is 10. The van der Waals surface area contributed by atoms with Crippen LogP contribution in [0, 0.1) is 5.92 Å². The first kappa shape index (κ1) is 27.5. The molecular formula is C20H44N2O4. The van der Waals surface area contributed by atoms with Gasteiger partial charge in [0.05, 0.1) is 12.5 Å². The van der Waals surface area contributed by atoms with E-state index >= 15 is 0 Å². The number of nitrogens with two attached hydrogens (primary N) is 2. The first-order chi connectivity index (χ1) is 12.3. The highest BCUT2D eigenvalue weighted by molar-refractivity contribution is 5.71. The standard InChI is InChI=1S/C15H33NO2.C5H11NO2/c1-2-3-4-5-6-7-8-9-10-11-12-13-16-14-15(17)18;1-3(2)4(6)5(7)8/h15-18H,2-14H2,1H3;3-4H,6H2,1-2H3,(H,7,8)/t;4-/m.0/s1. The molecule has 0 aromatic carbocycles. The third-order valence-electron chi connectivity index (χ3n) is 4.38. The summed E-state index contributed by atoms with van der Waals surface area (Å²) in [6.07, 6.45) is 13.8. The average molecular weight is 377 g/mol. The molecule has 0 amide bonds. The quantitative estimate of drug-likeness (QED) is 0.235.